The number of carbonyl (C=O) groups is 1. The highest BCUT2D eigenvalue weighted by atomic mass is 16.2. The molecular weight excluding hydrogens is 240 g/mol. The van der Waals surface area contributed by atoms with Crippen molar-refractivity contribution in [3.05, 3.63) is 53.3 Å². The van der Waals surface area contributed by atoms with Crippen molar-refractivity contribution >= 4 is 5.91 Å². The molecule has 0 aliphatic carbocycles. The average Bonchev–Trinajstić information content (AvgIpc) is 2.74. The highest BCUT2D eigenvalue weighted by Crippen LogP contribution is 2.10. The van der Waals surface area contributed by atoms with Crippen molar-refractivity contribution in [3.8, 4) is 0 Å². The van der Waals surface area contributed by atoms with Crippen LogP contribution in [0.25, 0.3) is 0 Å². The zero-order valence-corrected chi connectivity index (χ0v) is 11.1. The first-order chi connectivity index (χ1) is 9.08. The zero-order valence-electron chi connectivity index (χ0n) is 11.1. The van der Waals surface area contributed by atoms with Crippen LogP contribution in [-0.2, 0) is 18.4 Å². The molecule has 0 saturated carbocycles. The number of rotatable bonds is 4. The minimum Gasteiger partial charge on any atom is -0.350 e. The Kier molecular flexibility index (Phi) is 3.97. The average molecular weight is 258 g/mol. The third kappa shape index (κ3) is 3.20. The SMILES string of the molecule is Cc1nn(C)cc1CNC(=O)[C@@H](N)c1ccccc1. The molecular formula is C14H18N4O. The van der Waals surface area contributed by atoms with Gasteiger partial charge in [-0.25, -0.2) is 0 Å². The standard InChI is InChI=1S/C14H18N4O/c1-10-12(9-18(2)17-10)8-16-14(19)13(15)11-6-4-3-5-7-11/h3-7,9,13H,8,15H2,1-2H3,(H,16,19)/t13-/m0/s1. The highest BCUT2D eigenvalue weighted by Gasteiger charge is 2.15. The van der Waals surface area contributed by atoms with E-state index in [9.17, 15) is 4.79 Å². The number of benzene rings is 1. The second-order valence-corrected chi connectivity index (χ2v) is 4.52. The van der Waals surface area contributed by atoms with Gasteiger partial charge in [-0.15, -0.1) is 0 Å². The minimum absolute atomic E-state index is 0.186. The Balaban J connectivity index is 1.96. The van der Waals surface area contributed by atoms with Gasteiger partial charge in [0.15, 0.2) is 0 Å². The van der Waals surface area contributed by atoms with E-state index in [-0.39, 0.29) is 5.91 Å². The maximum absolute atomic E-state index is 12.0. The van der Waals surface area contributed by atoms with Crippen molar-refractivity contribution in [2.45, 2.75) is 19.5 Å². The molecule has 1 aromatic carbocycles. The Hall–Kier alpha value is -2.14. The van der Waals surface area contributed by atoms with E-state index in [2.05, 4.69) is 10.4 Å². The first kappa shape index (κ1) is 13.3. The van der Waals surface area contributed by atoms with Crippen molar-refractivity contribution in [2.75, 3.05) is 0 Å². The van der Waals surface area contributed by atoms with Crippen LogP contribution in [-0.4, -0.2) is 15.7 Å². The Morgan fingerprint density at radius 1 is 1.42 bits per heavy atom. The molecule has 0 aliphatic rings. The fraction of sp³-hybridized carbons (Fsp3) is 0.286. The Labute approximate surface area is 112 Å². The van der Waals surface area contributed by atoms with E-state index >= 15 is 0 Å². The molecule has 5 nitrogen and oxygen atoms in total. The lowest BCUT2D eigenvalue weighted by atomic mass is 10.1. The van der Waals surface area contributed by atoms with Gasteiger partial charge < -0.3 is 11.1 Å². The van der Waals surface area contributed by atoms with Crippen LogP contribution in [0.2, 0.25) is 0 Å². The number of carbonyl (C=O) groups excluding carboxylic acids is 1. The van der Waals surface area contributed by atoms with E-state index in [4.69, 9.17) is 5.73 Å². The molecule has 19 heavy (non-hydrogen) atoms. The summed E-state index contributed by atoms with van der Waals surface area (Å²) in [4.78, 5) is 12.0. The summed E-state index contributed by atoms with van der Waals surface area (Å²) in [6, 6.07) is 8.69. The summed E-state index contributed by atoms with van der Waals surface area (Å²) in [5.41, 5.74) is 8.63. The number of nitrogens with zero attached hydrogens (tertiary/aromatic N) is 2. The quantitative estimate of drug-likeness (QED) is 0.860. The van der Waals surface area contributed by atoms with E-state index in [1.54, 1.807) is 4.68 Å². The number of aromatic nitrogens is 2. The molecule has 0 radical (unpaired) electrons. The van der Waals surface area contributed by atoms with E-state index in [1.165, 1.54) is 0 Å². The van der Waals surface area contributed by atoms with Crippen molar-refractivity contribution < 1.29 is 4.79 Å². The predicted octanol–water partition coefficient (Wildman–Crippen LogP) is 1.04. The lowest BCUT2D eigenvalue weighted by Crippen LogP contribution is -2.33. The Morgan fingerprint density at radius 3 is 2.68 bits per heavy atom. The lowest BCUT2D eigenvalue weighted by Gasteiger charge is -2.12. The predicted molar refractivity (Wildman–Crippen MR) is 73.2 cm³/mol. The highest BCUT2D eigenvalue weighted by molar-refractivity contribution is 5.82. The second-order valence-electron chi connectivity index (χ2n) is 4.52. The maximum atomic E-state index is 12.0. The molecule has 0 bridgehead atoms. The summed E-state index contributed by atoms with van der Waals surface area (Å²) < 4.78 is 1.73. The van der Waals surface area contributed by atoms with Gasteiger partial charge in [-0.3, -0.25) is 9.48 Å². The van der Waals surface area contributed by atoms with Crippen LogP contribution in [0.1, 0.15) is 22.9 Å². The van der Waals surface area contributed by atoms with E-state index in [1.807, 2.05) is 50.5 Å². The number of nitrogens with one attached hydrogen (secondary N) is 1. The van der Waals surface area contributed by atoms with Gasteiger partial charge in [0, 0.05) is 25.4 Å². The molecule has 1 amide bonds. The van der Waals surface area contributed by atoms with Gasteiger partial charge in [0.05, 0.1) is 5.69 Å². The van der Waals surface area contributed by atoms with E-state index in [0.29, 0.717) is 6.54 Å². The van der Waals surface area contributed by atoms with E-state index in [0.717, 1.165) is 16.8 Å². The number of aryl methyl sites for hydroxylation is 2. The third-order valence-electron chi connectivity index (χ3n) is 3.01. The topological polar surface area (TPSA) is 72.9 Å². The third-order valence-corrected chi connectivity index (χ3v) is 3.01. The van der Waals surface area contributed by atoms with Gasteiger partial charge in [-0.1, -0.05) is 30.3 Å². The Bertz CT molecular complexity index is 562. The molecule has 2 rings (SSSR count). The summed E-state index contributed by atoms with van der Waals surface area (Å²) in [5.74, 6) is -0.186. The van der Waals surface area contributed by atoms with Crippen LogP contribution < -0.4 is 11.1 Å². The van der Waals surface area contributed by atoms with Crippen LogP contribution in [0.15, 0.2) is 36.5 Å². The number of hydrogen-bond donors (Lipinski definition) is 2. The summed E-state index contributed by atoms with van der Waals surface area (Å²) in [7, 11) is 1.86. The minimum atomic E-state index is -0.641. The molecule has 3 N–H and O–H groups in total. The maximum Gasteiger partial charge on any atom is 0.241 e. The van der Waals surface area contributed by atoms with Gasteiger partial charge in [-0.2, -0.15) is 5.10 Å². The molecule has 0 fully saturated rings. The van der Waals surface area contributed by atoms with Gasteiger partial charge in [-0.05, 0) is 12.5 Å². The fourth-order valence-electron chi connectivity index (χ4n) is 1.93. The molecule has 0 saturated heterocycles. The van der Waals surface area contributed by atoms with Gasteiger partial charge in [0.2, 0.25) is 5.91 Å². The van der Waals surface area contributed by atoms with Crippen molar-refractivity contribution in [2.24, 2.45) is 12.8 Å². The monoisotopic (exact) mass is 258 g/mol. The normalized spacial score (nSPS) is 12.2. The van der Waals surface area contributed by atoms with Gasteiger partial charge in [0.25, 0.3) is 0 Å². The number of amides is 1. The largest absolute Gasteiger partial charge is 0.350 e. The first-order valence-corrected chi connectivity index (χ1v) is 6.15. The van der Waals surface area contributed by atoms with Crippen LogP contribution in [0.4, 0.5) is 0 Å². The van der Waals surface area contributed by atoms with Crippen LogP contribution >= 0.6 is 0 Å². The molecule has 1 atom stereocenters. The number of hydrogen-bond acceptors (Lipinski definition) is 3. The molecule has 0 unspecified atom stereocenters. The van der Waals surface area contributed by atoms with Crippen LogP contribution in [0, 0.1) is 6.92 Å². The zero-order chi connectivity index (χ0) is 13.8. The lowest BCUT2D eigenvalue weighted by molar-refractivity contribution is -0.122. The molecule has 0 spiro atoms. The van der Waals surface area contributed by atoms with Crippen LogP contribution in [0.5, 0.6) is 0 Å². The first-order valence-electron chi connectivity index (χ1n) is 6.15. The van der Waals surface area contributed by atoms with Crippen LogP contribution in [0.3, 0.4) is 0 Å². The van der Waals surface area contributed by atoms with Gasteiger partial charge >= 0.3 is 0 Å². The molecule has 100 valence electrons. The fourth-order valence-corrected chi connectivity index (χ4v) is 1.93. The van der Waals surface area contributed by atoms with Crippen molar-refractivity contribution in [1.29, 1.82) is 0 Å². The summed E-state index contributed by atoms with van der Waals surface area (Å²) in [5, 5.41) is 7.06. The van der Waals surface area contributed by atoms with E-state index < -0.39 is 6.04 Å². The summed E-state index contributed by atoms with van der Waals surface area (Å²) in [6.07, 6.45) is 1.89. The molecule has 0 aliphatic heterocycles. The molecule has 1 aromatic heterocycles. The number of nitrogens with two attached hydrogens (primary N) is 1. The molecule has 5 heteroatoms. The van der Waals surface area contributed by atoms with Gasteiger partial charge in [0.1, 0.15) is 6.04 Å². The van der Waals surface area contributed by atoms with Crippen molar-refractivity contribution in [3.63, 3.8) is 0 Å². The smallest absolute Gasteiger partial charge is 0.241 e. The molecule has 2 aromatic rings. The Morgan fingerprint density at radius 2 is 2.11 bits per heavy atom. The summed E-state index contributed by atoms with van der Waals surface area (Å²) in [6.45, 7) is 2.36. The second kappa shape index (κ2) is 5.67. The van der Waals surface area contributed by atoms with Crippen molar-refractivity contribution in [1.82, 2.24) is 15.1 Å². The summed E-state index contributed by atoms with van der Waals surface area (Å²) >= 11 is 0. The molecule has 1 heterocycles.